The maximum atomic E-state index is 14.0. The number of nitrogen functional groups attached to an aromatic ring is 1. The van der Waals surface area contributed by atoms with Gasteiger partial charge in [-0.25, -0.2) is 13.1 Å². The molecule has 2 aromatic carbocycles. The van der Waals surface area contributed by atoms with Crippen LogP contribution in [0.2, 0.25) is 5.02 Å². The van der Waals surface area contributed by atoms with E-state index in [-0.39, 0.29) is 39.0 Å². The summed E-state index contributed by atoms with van der Waals surface area (Å²) in [6, 6.07) is 7.91. The molecule has 0 saturated carbocycles. The number of sulfonamides is 1. The van der Waals surface area contributed by atoms with Crippen LogP contribution in [0, 0.1) is 0 Å². The van der Waals surface area contributed by atoms with Crippen LogP contribution in [0.5, 0.6) is 0 Å². The Labute approximate surface area is 212 Å². The Bertz CT molecular complexity index is 1370. The van der Waals surface area contributed by atoms with Crippen LogP contribution in [-0.2, 0) is 22.6 Å². The Hall–Kier alpha value is -2.67. The van der Waals surface area contributed by atoms with Crippen molar-refractivity contribution in [2.24, 2.45) is 0 Å². The Morgan fingerprint density at radius 3 is 2.39 bits per heavy atom. The van der Waals surface area contributed by atoms with Crippen molar-refractivity contribution in [3.8, 4) is 11.1 Å². The Morgan fingerprint density at radius 2 is 1.86 bits per heavy atom. The molecule has 4 N–H and O–H groups in total. The summed E-state index contributed by atoms with van der Waals surface area (Å²) in [6.45, 7) is 7.02. The van der Waals surface area contributed by atoms with Crippen molar-refractivity contribution in [2.45, 2.75) is 49.8 Å². The number of nitrogens with two attached hydrogens (primary N) is 1. The van der Waals surface area contributed by atoms with Crippen LogP contribution >= 0.6 is 11.6 Å². The number of anilines is 1. The van der Waals surface area contributed by atoms with E-state index in [1.54, 1.807) is 0 Å². The Kier molecular flexibility index (Phi) is 6.84. The largest absolute Gasteiger partial charge is 0.417 e. The van der Waals surface area contributed by atoms with E-state index >= 15 is 0 Å². The number of hydrogen-bond acceptors (Lipinski definition) is 6. The van der Waals surface area contributed by atoms with Gasteiger partial charge in [0.15, 0.2) is 0 Å². The molecule has 1 saturated heterocycles. The van der Waals surface area contributed by atoms with Crippen LogP contribution in [0.25, 0.3) is 11.1 Å². The van der Waals surface area contributed by atoms with E-state index in [2.05, 4.69) is 24.8 Å². The quantitative estimate of drug-likeness (QED) is 0.414. The van der Waals surface area contributed by atoms with Crippen molar-refractivity contribution >= 4 is 27.6 Å². The van der Waals surface area contributed by atoms with Gasteiger partial charge in [-0.1, -0.05) is 23.7 Å². The number of rotatable bonds is 7. The van der Waals surface area contributed by atoms with Gasteiger partial charge in [0.1, 0.15) is 5.82 Å². The molecule has 0 unspecified atom stereocenters. The van der Waals surface area contributed by atoms with Crippen molar-refractivity contribution in [1.82, 2.24) is 24.8 Å². The summed E-state index contributed by atoms with van der Waals surface area (Å²) in [5.74, 6) is 0.278. The van der Waals surface area contributed by atoms with Crippen LogP contribution in [0.15, 0.2) is 41.3 Å². The summed E-state index contributed by atoms with van der Waals surface area (Å²) in [6.07, 6.45) is -4.69. The minimum Gasteiger partial charge on any atom is -0.367 e. The first-order valence-electron chi connectivity index (χ1n) is 11.1. The van der Waals surface area contributed by atoms with Gasteiger partial charge in [-0.2, -0.15) is 18.2 Å². The number of likely N-dealkylation sites (tertiary alicyclic amines) is 1. The molecular weight excluding hydrogens is 517 g/mol. The zero-order chi connectivity index (χ0) is 26.5. The number of H-pyrrole nitrogens is 1. The minimum atomic E-state index is -4.71. The van der Waals surface area contributed by atoms with Crippen LogP contribution in [0.4, 0.5) is 19.1 Å². The zero-order valence-corrected chi connectivity index (χ0v) is 21.4. The Balaban J connectivity index is 1.62. The SMILES string of the molecule is CC(C)N1CC(C)(NS(=O)(=O)c2ccc(-c3c(Cl)cc(Cc4nc(N)n[nH]4)cc3C(F)(F)F)cc2)C1. The van der Waals surface area contributed by atoms with E-state index in [4.69, 9.17) is 17.3 Å². The third-order valence-corrected chi connectivity index (χ3v) is 8.00. The van der Waals surface area contributed by atoms with E-state index < -0.39 is 27.3 Å². The molecule has 0 radical (unpaired) electrons. The minimum absolute atomic E-state index is 0.0168. The van der Waals surface area contributed by atoms with Crippen LogP contribution in [0.1, 0.15) is 37.7 Å². The highest BCUT2D eigenvalue weighted by Crippen LogP contribution is 2.42. The van der Waals surface area contributed by atoms with Crippen molar-refractivity contribution in [1.29, 1.82) is 0 Å². The van der Waals surface area contributed by atoms with Gasteiger partial charge >= 0.3 is 6.18 Å². The molecule has 0 spiro atoms. The van der Waals surface area contributed by atoms with Crippen molar-refractivity contribution in [2.75, 3.05) is 18.8 Å². The zero-order valence-electron chi connectivity index (χ0n) is 19.8. The second-order valence-electron chi connectivity index (χ2n) is 9.50. The summed E-state index contributed by atoms with van der Waals surface area (Å²) in [7, 11) is -3.87. The van der Waals surface area contributed by atoms with Crippen LogP contribution < -0.4 is 10.5 Å². The van der Waals surface area contributed by atoms with Gasteiger partial charge in [0.25, 0.3) is 0 Å². The highest BCUT2D eigenvalue weighted by atomic mass is 35.5. The van der Waals surface area contributed by atoms with Gasteiger partial charge in [0, 0.05) is 36.1 Å². The van der Waals surface area contributed by atoms with Crippen molar-refractivity contribution in [3.05, 3.63) is 58.4 Å². The molecule has 1 aliphatic rings. The molecule has 0 aliphatic carbocycles. The average molecular weight is 543 g/mol. The number of hydrogen-bond donors (Lipinski definition) is 3. The normalized spacial score (nSPS) is 16.3. The number of nitrogens with one attached hydrogen (secondary N) is 2. The van der Waals surface area contributed by atoms with E-state index in [0.29, 0.717) is 25.0 Å². The first-order chi connectivity index (χ1) is 16.7. The second-order valence-corrected chi connectivity index (χ2v) is 11.6. The molecule has 3 aromatic rings. The molecule has 0 atom stereocenters. The van der Waals surface area contributed by atoms with E-state index in [1.807, 2.05) is 20.8 Å². The summed E-state index contributed by atoms with van der Waals surface area (Å²) in [5, 5.41) is 6.10. The number of benzene rings is 2. The highest BCUT2D eigenvalue weighted by molar-refractivity contribution is 7.89. The fourth-order valence-electron chi connectivity index (χ4n) is 4.33. The molecule has 194 valence electrons. The third-order valence-electron chi connectivity index (χ3n) is 6.04. The lowest BCUT2D eigenvalue weighted by molar-refractivity contribution is -0.137. The molecule has 1 aliphatic heterocycles. The number of halogens is 4. The van der Waals surface area contributed by atoms with E-state index in [9.17, 15) is 21.6 Å². The molecule has 0 bridgehead atoms. The molecule has 4 rings (SSSR count). The number of nitrogens with zero attached hydrogens (tertiary/aromatic N) is 3. The average Bonchev–Trinajstić information content (AvgIpc) is 3.15. The predicted octanol–water partition coefficient (Wildman–Crippen LogP) is 4.08. The van der Waals surface area contributed by atoms with Gasteiger partial charge in [-0.3, -0.25) is 10.00 Å². The van der Waals surface area contributed by atoms with Crippen LogP contribution in [0.3, 0.4) is 0 Å². The number of aromatic amines is 1. The molecule has 8 nitrogen and oxygen atoms in total. The molecule has 2 heterocycles. The number of aromatic nitrogens is 3. The molecule has 13 heteroatoms. The Morgan fingerprint density at radius 1 is 1.22 bits per heavy atom. The van der Waals surface area contributed by atoms with E-state index in [0.717, 1.165) is 6.07 Å². The molecule has 1 fully saturated rings. The van der Waals surface area contributed by atoms with Gasteiger partial charge in [0.05, 0.1) is 16.0 Å². The molecular formula is C23H26ClF3N6O2S. The fourth-order valence-corrected chi connectivity index (χ4v) is 6.07. The molecule has 0 amide bonds. The summed E-state index contributed by atoms with van der Waals surface area (Å²) in [5.41, 5.74) is 4.07. The monoisotopic (exact) mass is 542 g/mol. The summed E-state index contributed by atoms with van der Waals surface area (Å²) >= 11 is 6.32. The van der Waals surface area contributed by atoms with Crippen LogP contribution in [-0.4, -0.2) is 53.2 Å². The fraction of sp³-hybridized carbons (Fsp3) is 0.391. The summed E-state index contributed by atoms with van der Waals surface area (Å²) < 4.78 is 70.6. The number of alkyl halides is 3. The standard InChI is InChI=1S/C23H26ClF3N6O2S/c1-13(2)33-11-22(3,12-33)32-36(34,35)16-6-4-15(5-7-16)20-17(23(25,26)27)8-14(9-18(20)24)10-19-29-21(28)31-30-19/h4-9,13,32H,10-12H2,1-3H3,(H3,28,29,30,31). The first kappa shape index (κ1) is 26.4. The van der Waals surface area contributed by atoms with Gasteiger partial charge in [0.2, 0.25) is 16.0 Å². The maximum Gasteiger partial charge on any atom is 0.417 e. The topological polar surface area (TPSA) is 117 Å². The van der Waals surface area contributed by atoms with Gasteiger partial charge < -0.3 is 5.73 Å². The second kappa shape index (κ2) is 9.33. The smallest absolute Gasteiger partial charge is 0.367 e. The first-order valence-corrected chi connectivity index (χ1v) is 13.0. The lowest BCUT2D eigenvalue weighted by Gasteiger charge is -2.50. The highest BCUT2D eigenvalue weighted by Gasteiger charge is 2.43. The van der Waals surface area contributed by atoms with Gasteiger partial charge in [-0.15, -0.1) is 5.10 Å². The van der Waals surface area contributed by atoms with Crippen molar-refractivity contribution in [3.63, 3.8) is 0 Å². The molecule has 1 aromatic heterocycles. The lowest BCUT2D eigenvalue weighted by Crippen LogP contribution is -2.69. The lowest BCUT2D eigenvalue weighted by atomic mass is 9.92. The predicted molar refractivity (Wildman–Crippen MR) is 131 cm³/mol. The third kappa shape index (κ3) is 5.51. The van der Waals surface area contributed by atoms with Crippen molar-refractivity contribution < 1.29 is 21.6 Å². The summed E-state index contributed by atoms with van der Waals surface area (Å²) in [4.78, 5) is 6.00. The maximum absolute atomic E-state index is 14.0. The molecule has 36 heavy (non-hydrogen) atoms. The van der Waals surface area contributed by atoms with Gasteiger partial charge in [-0.05, 0) is 56.2 Å². The van der Waals surface area contributed by atoms with E-state index in [1.165, 1.54) is 30.3 Å².